The summed E-state index contributed by atoms with van der Waals surface area (Å²) in [5, 5.41) is 14.1. The van der Waals surface area contributed by atoms with Gasteiger partial charge in [-0.05, 0) is 43.0 Å². The molecule has 4 rings (SSSR count). The molecule has 3 aromatic carbocycles. The first kappa shape index (κ1) is 29.1. The summed E-state index contributed by atoms with van der Waals surface area (Å²) in [5.41, 5.74) is 7.67. The lowest BCUT2D eigenvalue weighted by molar-refractivity contribution is -0.134. The number of carbonyl (C=O) groups is 2. The molecule has 0 spiro atoms. The second-order valence-electron chi connectivity index (χ2n) is 10.7. The molecule has 0 saturated carbocycles. The Kier molecular flexibility index (Phi) is 9.12. The number of piperidine rings is 1. The van der Waals surface area contributed by atoms with Crippen LogP contribution in [0, 0.1) is 0 Å². The van der Waals surface area contributed by atoms with Crippen LogP contribution in [0.3, 0.4) is 0 Å². The lowest BCUT2D eigenvalue weighted by atomic mass is 9.69. The van der Waals surface area contributed by atoms with E-state index in [1.54, 1.807) is 37.2 Å². The zero-order valence-corrected chi connectivity index (χ0v) is 23.7. The number of nitrogens with two attached hydrogens (primary N) is 1. The van der Waals surface area contributed by atoms with Crippen LogP contribution in [-0.2, 0) is 10.2 Å². The number of likely N-dealkylation sites (tertiary alicyclic amines) is 1. The first-order valence-electron chi connectivity index (χ1n) is 13.7. The number of β-amino-alcohol motifs (C(OH)–C–C–N with tert-alkyl or cyclic N) is 1. The lowest BCUT2D eigenvalue weighted by Gasteiger charge is -2.44. The zero-order chi connectivity index (χ0) is 28.9. The number of rotatable bonds is 9. The van der Waals surface area contributed by atoms with E-state index in [1.807, 2.05) is 60.7 Å². The molecule has 3 aromatic rings. The van der Waals surface area contributed by atoms with Gasteiger partial charge in [0.05, 0.1) is 30.5 Å². The number of benzene rings is 3. The Labute approximate surface area is 236 Å². The van der Waals surface area contributed by atoms with Crippen molar-refractivity contribution in [2.45, 2.75) is 43.4 Å². The highest BCUT2D eigenvalue weighted by molar-refractivity contribution is 6.00. The molecule has 8 heteroatoms. The van der Waals surface area contributed by atoms with Gasteiger partial charge in [0.1, 0.15) is 11.2 Å². The molecule has 0 radical (unpaired) electrons. The minimum atomic E-state index is -0.897. The summed E-state index contributed by atoms with van der Waals surface area (Å²) >= 11 is 0. The van der Waals surface area contributed by atoms with E-state index in [0.717, 1.165) is 11.1 Å². The quantitative estimate of drug-likeness (QED) is 0.357. The van der Waals surface area contributed by atoms with Crippen LogP contribution < -0.4 is 15.8 Å². The van der Waals surface area contributed by atoms with E-state index in [9.17, 15) is 14.7 Å². The predicted octanol–water partition coefficient (Wildman–Crippen LogP) is 3.30. The van der Waals surface area contributed by atoms with Gasteiger partial charge in [-0.25, -0.2) is 0 Å². The maximum atomic E-state index is 14.0. The third kappa shape index (κ3) is 5.83. The number of nitrogens with one attached hydrogen (secondary N) is 1. The van der Waals surface area contributed by atoms with Crippen molar-refractivity contribution in [3.05, 3.63) is 95.6 Å². The smallest absolute Gasteiger partial charge is 0.253 e. The summed E-state index contributed by atoms with van der Waals surface area (Å²) in [6.07, 6.45) is 0.313. The van der Waals surface area contributed by atoms with Crippen LogP contribution in [0.25, 0.3) is 0 Å². The van der Waals surface area contributed by atoms with E-state index >= 15 is 0 Å². The number of likely N-dealkylation sites (N-methyl/N-ethyl adjacent to an activating group) is 1. The highest BCUT2D eigenvalue weighted by Gasteiger charge is 2.45. The Morgan fingerprint density at radius 1 is 1.05 bits per heavy atom. The number of methoxy groups -OCH3 is 1. The number of amides is 2. The van der Waals surface area contributed by atoms with Gasteiger partial charge in [0.15, 0.2) is 0 Å². The fraction of sp³-hybridized carbons (Fsp3) is 0.375. The van der Waals surface area contributed by atoms with Crippen LogP contribution in [0.1, 0.15) is 41.3 Å². The number of aliphatic hydroxyl groups is 1. The molecule has 0 aliphatic carbocycles. The van der Waals surface area contributed by atoms with Crippen molar-refractivity contribution in [1.29, 1.82) is 0 Å². The van der Waals surface area contributed by atoms with Crippen LogP contribution in [0.2, 0.25) is 0 Å². The van der Waals surface area contributed by atoms with Crippen LogP contribution in [0.5, 0.6) is 5.75 Å². The minimum Gasteiger partial charge on any atom is -0.495 e. The van der Waals surface area contributed by atoms with Crippen molar-refractivity contribution >= 4 is 17.5 Å². The third-order valence-electron chi connectivity index (χ3n) is 7.99. The molecule has 8 nitrogen and oxygen atoms in total. The molecule has 1 unspecified atom stereocenters. The number of nitrogen functional groups attached to an aromatic ring is 1. The van der Waals surface area contributed by atoms with Crippen molar-refractivity contribution in [1.82, 2.24) is 15.1 Å². The Morgan fingerprint density at radius 3 is 2.17 bits per heavy atom. The van der Waals surface area contributed by atoms with Crippen LogP contribution in [0.15, 0.2) is 78.9 Å². The largest absolute Gasteiger partial charge is 0.495 e. The summed E-state index contributed by atoms with van der Waals surface area (Å²) in [6, 6.07) is 24.4. The van der Waals surface area contributed by atoms with E-state index in [1.165, 1.54) is 7.11 Å². The van der Waals surface area contributed by atoms with Gasteiger partial charge in [-0.1, -0.05) is 66.7 Å². The Balaban J connectivity index is 1.54. The molecule has 2 amide bonds. The van der Waals surface area contributed by atoms with Crippen LogP contribution >= 0.6 is 0 Å². The second kappa shape index (κ2) is 12.5. The normalized spacial score (nSPS) is 18.5. The number of nitrogens with zero attached hydrogens (tertiary/aromatic N) is 2. The first-order chi connectivity index (χ1) is 19.2. The van der Waals surface area contributed by atoms with Crippen molar-refractivity contribution < 1.29 is 19.4 Å². The van der Waals surface area contributed by atoms with Crippen LogP contribution in [-0.4, -0.2) is 79.2 Å². The molecule has 4 N–H and O–H groups in total. The van der Waals surface area contributed by atoms with Gasteiger partial charge in [-0.2, -0.15) is 0 Å². The number of hydrogen-bond donors (Lipinski definition) is 3. The highest BCUT2D eigenvalue weighted by Crippen LogP contribution is 2.40. The zero-order valence-electron chi connectivity index (χ0n) is 23.7. The Bertz CT molecular complexity index is 1260. The molecular weight excluding hydrogens is 504 g/mol. The standard InChI is InChI=1S/C32H40N4O4/c1-22(20-32(31(39)35(2)3,23-12-7-5-8-13-23)24-14-9-6-10-15-24)36-19-18-26(27(37)21-36)34-30(38)25-16-11-17-28(40-4)29(25)33/h5-17,22,26-27,37H,18-21,33H2,1-4H3,(H,34,38)/t22?,26-,27-/m0/s1. The molecule has 0 aromatic heterocycles. The van der Waals surface area contributed by atoms with E-state index in [2.05, 4.69) is 17.1 Å². The summed E-state index contributed by atoms with van der Waals surface area (Å²) in [5.74, 6) is 0.102. The average molecular weight is 545 g/mol. The molecular formula is C32H40N4O4. The van der Waals surface area contributed by atoms with E-state index in [-0.39, 0.29) is 23.5 Å². The van der Waals surface area contributed by atoms with Gasteiger partial charge in [0, 0.05) is 33.2 Å². The SMILES string of the molecule is COc1cccc(C(=O)N[C@H]2CCN(C(C)CC(C(=O)N(C)C)(c3ccccc3)c3ccccc3)C[C@@H]2O)c1N. The fourth-order valence-corrected chi connectivity index (χ4v) is 5.83. The third-order valence-corrected chi connectivity index (χ3v) is 7.99. The molecule has 3 atom stereocenters. The van der Waals surface area contributed by atoms with E-state index in [4.69, 9.17) is 10.5 Å². The Morgan fingerprint density at radius 2 is 1.65 bits per heavy atom. The average Bonchev–Trinajstić information content (AvgIpc) is 2.97. The Hall–Kier alpha value is -3.88. The highest BCUT2D eigenvalue weighted by atomic mass is 16.5. The maximum absolute atomic E-state index is 14.0. The van der Waals surface area contributed by atoms with Gasteiger partial charge >= 0.3 is 0 Å². The monoisotopic (exact) mass is 544 g/mol. The first-order valence-corrected chi connectivity index (χ1v) is 13.7. The topological polar surface area (TPSA) is 108 Å². The van der Waals surface area contributed by atoms with Gasteiger partial charge in [0.2, 0.25) is 5.91 Å². The van der Waals surface area contributed by atoms with Gasteiger partial charge < -0.3 is 25.8 Å². The van der Waals surface area contributed by atoms with Gasteiger partial charge in [-0.3, -0.25) is 14.5 Å². The second-order valence-corrected chi connectivity index (χ2v) is 10.7. The number of anilines is 1. The van der Waals surface area contributed by atoms with E-state index < -0.39 is 17.6 Å². The summed E-state index contributed by atoms with van der Waals surface area (Å²) in [4.78, 5) is 30.9. The molecule has 1 aliphatic rings. The van der Waals surface area contributed by atoms with Crippen molar-refractivity contribution in [3.63, 3.8) is 0 Å². The summed E-state index contributed by atoms with van der Waals surface area (Å²) in [6.45, 7) is 3.13. The van der Waals surface area contributed by atoms with Crippen molar-refractivity contribution in [3.8, 4) is 5.75 Å². The fourth-order valence-electron chi connectivity index (χ4n) is 5.83. The minimum absolute atomic E-state index is 0.00956. The molecule has 1 aliphatic heterocycles. The lowest BCUT2D eigenvalue weighted by Crippen LogP contribution is -2.57. The molecule has 1 saturated heterocycles. The molecule has 40 heavy (non-hydrogen) atoms. The maximum Gasteiger partial charge on any atom is 0.253 e. The van der Waals surface area contributed by atoms with Gasteiger partial charge in [-0.15, -0.1) is 0 Å². The summed E-state index contributed by atoms with van der Waals surface area (Å²) in [7, 11) is 5.09. The number of carbonyl (C=O) groups excluding carboxylic acids is 2. The molecule has 1 fully saturated rings. The number of aliphatic hydroxyl groups excluding tert-OH is 1. The van der Waals surface area contributed by atoms with Crippen molar-refractivity contribution in [2.75, 3.05) is 40.0 Å². The van der Waals surface area contributed by atoms with E-state index in [0.29, 0.717) is 37.2 Å². The summed E-state index contributed by atoms with van der Waals surface area (Å²) < 4.78 is 5.23. The molecule has 212 valence electrons. The van der Waals surface area contributed by atoms with Crippen LogP contribution in [0.4, 0.5) is 5.69 Å². The number of hydrogen-bond acceptors (Lipinski definition) is 6. The molecule has 0 bridgehead atoms. The number of ether oxygens (including phenoxy) is 1. The predicted molar refractivity (Wildman–Crippen MR) is 157 cm³/mol. The van der Waals surface area contributed by atoms with Crippen molar-refractivity contribution in [2.24, 2.45) is 0 Å². The van der Waals surface area contributed by atoms with Gasteiger partial charge in [0.25, 0.3) is 5.91 Å². The molecule has 1 heterocycles. The number of para-hydroxylation sites is 1.